The molecule has 6 nitrogen and oxygen atoms in total. The van der Waals surface area contributed by atoms with E-state index in [1.54, 1.807) is 16.9 Å². The lowest BCUT2D eigenvalue weighted by atomic mass is 9.91. The number of piperazine rings is 1. The zero-order valence-corrected chi connectivity index (χ0v) is 15.2. The van der Waals surface area contributed by atoms with Crippen LogP contribution in [0.4, 0.5) is 10.2 Å². The number of fused-ring (bicyclic) bond motifs is 3. The molecule has 6 rings (SSSR count). The monoisotopic (exact) mass is 412 g/mol. The SMILES string of the molecule is N#Cc1cnn2cc(Br)cc(-c3cnc(N4CC5CC(C4)N5)c(F)c3)c12. The van der Waals surface area contributed by atoms with Crippen LogP contribution in [0.5, 0.6) is 0 Å². The molecule has 130 valence electrons. The summed E-state index contributed by atoms with van der Waals surface area (Å²) in [5.41, 5.74) is 2.43. The Morgan fingerprint density at radius 2 is 2.04 bits per heavy atom. The van der Waals surface area contributed by atoms with Crippen molar-refractivity contribution in [3.63, 3.8) is 0 Å². The Hall–Kier alpha value is -2.50. The van der Waals surface area contributed by atoms with E-state index >= 15 is 0 Å². The molecular formula is C18H14BrFN6. The van der Waals surface area contributed by atoms with Crippen molar-refractivity contribution in [2.75, 3.05) is 18.0 Å². The van der Waals surface area contributed by atoms with Gasteiger partial charge in [0.2, 0.25) is 0 Å². The van der Waals surface area contributed by atoms with E-state index in [9.17, 15) is 9.65 Å². The van der Waals surface area contributed by atoms with Crippen molar-refractivity contribution in [1.29, 1.82) is 5.26 Å². The highest BCUT2D eigenvalue weighted by molar-refractivity contribution is 9.10. The summed E-state index contributed by atoms with van der Waals surface area (Å²) in [6, 6.07) is 6.36. The molecule has 0 spiro atoms. The Bertz CT molecular complexity index is 1060. The molecule has 1 N–H and O–H groups in total. The van der Waals surface area contributed by atoms with Gasteiger partial charge < -0.3 is 10.2 Å². The lowest BCUT2D eigenvalue weighted by molar-refractivity contribution is 0.224. The molecule has 0 saturated carbocycles. The highest BCUT2D eigenvalue weighted by Gasteiger charge is 2.37. The van der Waals surface area contributed by atoms with E-state index in [0.717, 1.165) is 29.5 Å². The van der Waals surface area contributed by atoms with Gasteiger partial charge in [-0.3, -0.25) is 0 Å². The number of anilines is 1. The standard InChI is InChI=1S/C18H14BrFN6/c19-12-2-15(17-11(4-21)6-23-26(17)7-12)10-1-16(20)18(22-5-10)25-8-13-3-14(9-25)24-13/h1-2,5-7,13-14,24H,3,8-9H2. The third-order valence-electron chi connectivity index (χ3n) is 5.05. The van der Waals surface area contributed by atoms with E-state index in [1.807, 2.05) is 11.0 Å². The molecule has 3 aliphatic heterocycles. The van der Waals surface area contributed by atoms with Gasteiger partial charge in [-0.15, -0.1) is 0 Å². The zero-order valence-electron chi connectivity index (χ0n) is 13.7. The van der Waals surface area contributed by atoms with Crippen LogP contribution in [0, 0.1) is 17.1 Å². The van der Waals surface area contributed by atoms with Crippen LogP contribution in [-0.2, 0) is 0 Å². The molecule has 3 aromatic heterocycles. The lowest BCUT2D eigenvalue weighted by Gasteiger charge is -2.48. The van der Waals surface area contributed by atoms with E-state index in [-0.39, 0.29) is 5.82 Å². The minimum absolute atomic E-state index is 0.347. The van der Waals surface area contributed by atoms with E-state index < -0.39 is 0 Å². The fourth-order valence-corrected chi connectivity index (χ4v) is 4.31. The first-order valence-corrected chi connectivity index (χ1v) is 9.15. The summed E-state index contributed by atoms with van der Waals surface area (Å²) in [5.74, 6) is 0.0462. The molecule has 3 fully saturated rings. The van der Waals surface area contributed by atoms with Gasteiger partial charge in [0.15, 0.2) is 11.6 Å². The molecule has 0 aromatic carbocycles. The van der Waals surface area contributed by atoms with Gasteiger partial charge in [0, 0.05) is 53.2 Å². The first-order chi connectivity index (χ1) is 12.6. The zero-order chi connectivity index (χ0) is 17.8. The van der Waals surface area contributed by atoms with Gasteiger partial charge in [0.05, 0.1) is 17.3 Å². The van der Waals surface area contributed by atoms with Crippen LogP contribution in [0.1, 0.15) is 12.0 Å². The number of rotatable bonds is 2. The second-order valence-electron chi connectivity index (χ2n) is 6.77. The maximum absolute atomic E-state index is 14.8. The van der Waals surface area contributed by atoms with Crippen LogP contribution >= 0.6 is 15.9 Å². The molecule has 0 radical (unpaired) electrons. The van der Waals surface area contributed by atoms with Crippen molar-refractivity contribution in [2.24, 2.45) is 0 Å². The summed E-state index contributed by atoms with van der Waals surface area (Å²) in [6.07, 6.45) is 6.10. The summed E-state index contributed by atoms with van der Waals surface area (Å²) >= 11 is 3.45. The van der Waals surface area contributed by atoms with Crippen molar-refractivity contribution in [3.8, 4) is 17.2 Å². The van der Waals surface area contributed by atoms with Crippen LogP contribution in [0.2, 0.25) is 0 Å². The van der Waals surface area contributed by atoms with Crippen molar-refractivity contribution in [2.45, 2.75) is 18.5 Å². The second-order valence-corrected chi connectivity index (χ2v) is 7.68. The predicted molar refractivity (Wildman–Crippen MR) is 98.3 cm³/mol. The fourth-order valence-electron chi connectivity index (χ4n) is 3.89. The average molecular weight is 413 g/mol. The molecule has 3 saturated heterocycles. The number of piperidine rings is 1. The third-order valence-corrected chi connectivity index (χ3v) is 5.49. The van der Waals surface area contributed by atoms with Gasteiger partial charge in [-0.1, -0.05) is 0 Å². The number of nitriles is 1. The Morgan fingerprint density at radius 3 is 2.73 bits per heavy atom. The molecule has 0 amide bonds. The molecule has 3 aromatic rings. The number of aromatic nitrogens is 3. The molecule has 2 unspecified atom stereocenters. The maximum Gasteiger partial charge on any atom is 0.166 e. The van der Waals surface area contributed by atoms with Crippen molar-refractivity contribution < 1.29 is 4.39 Å². The van der Waals surface area contributed by atoms with Gasteiger partial charge in [-0.05, 0) is 34.5 Å². The summed E-state index contributed by atoms with van der Waals surface area (Å²) in [5, 5.41) is 17.0. The highest BCUT2D eigenvalue weighted by Crippen LogP contribution is 2.33. The second kappa shape index (κ2) is 5.76. The first kappa shape index (κ1) is 15.7. The summed E-state index contributed by atoms with van der Waals surface area (Å²) < 4.78 is 17.3. The number of halogens is 2. The normalized spacial score (nSPS) is 21.5. The Balaban J connectivity index is 1.59. The summed E-state index contributed by atoms with van der Waals surface area (Å²) in [6.45, 7) is 1.56. The molecule has 0 aliphatic carbocycles. The molecule has 26 heavy (non-hydrogen) atoms. The average Bonchev–Trinajstić information content (AvgIpc) is 3.03. The number of hydrogen-bond acceptors (Lipinski definition) is 5. The Kier molecular flexibility index (Phi) is 3.48. The molecular weight excluding hydrogens is 399 g/mol. The molecule has 2 bridgehead atoms. The maximum atomic E-state index is 14.8. The van der Waals surface area contributed by atoms with Crippen LogP contribution in [0.15, 0.2) is 35.2 Å². The molecule has 6 heterocycles. The topological polar surface area (TPSA) is 69.2 Å². The Labute approximate surface area is 157 Å². The van der Waals surface area contributed by atoms with E-state index in [1.165, 1.54) is 12.3 Å². The first-order valence-electron chi connectivity index (χ1n) is 8.36. The van der Waals surface area contributed by atoms with Gasteiger partial charge in [0.1, 0.15) is 6.07 Å². The lowest BCUT2D eigenvalue weighted by Crippen LogP contribution is -2.67. The third kappa shape index (κ3) is 2.39. The van der Waals surface area contributed by atoms with Crippen LogP contribution < -0.4 is 10.2 Å². The largest absolute Gasteiger partial charge is 0.351 e. The highest BCUT2D eigenvalue weighted by atomic mass is 79.9. The molecule has 3 aliphatic rings. The van der Waals surface area contributed by atoms with Crippen molar-refractivity contribution in [1.82, 2.24) is 19.9 Å². The minimum atomic E-state index is -0.347. The number of nitrogens with one attached hydrogen (secondary N) is 1. The van der Waals surface area contributed by atoms with Gasteiger partial charge in [-0.25, -0.2) is 13.9 Å². The van der Waals surface area contributed by atoms with Gasteiger partial charge >= 0.3 is 0 Å². The number of nitrogens with zero attached hydrogens (tertiary/aromatic N) is 5. The van der Waals surface area contributed by atoms with Crippen LogP contribution in [-0.4, -0.2) is 39.8 Å². The van der Waals surface area contributed by atoms with Crippen molar-refractivity contribution >= 4 is 27.3 Å². The summed E-state index contributed by atoms with van der Waals surface area (Å²) in [4.78, 5) is 6.41. The molecule has 2 atom stereocenters. The fraction of sp³-hybridized carbons (Fsp3) is 0.278. The van der Waals surface area contributed by atoms with E-state index in [0.29, 0.717) is 34.5 Å². The van der Waals surface area contributed by atoms with E-state index in [2.05, 4.69) is 37.4 Å². The number of pyridine rings is 2. The Morgan fingerprint density at radius 1 is 1.27 bits per heavy atom. The number of hydrogen-bond donors (Lipinski definition) is 1. The van der Waals surface area contributed by atoms with Gasteiger partial charge in [0.25, 0.3) is 0 Å². The summed E-state index contributed by atoms with van der Waals surface area (Å²) in [7, 11) is 0. The minimum Gasteiger partial charge on any atom is -0.351 e. The quantitative estimate of drug-likeness (QED) is 0.700. The van der Waals surface area contributed by atoms with Crippen LogP contribution in [0.25, 0.3) is 16.6 Å². The van der Waals surface area contributed by atoms with Crippen molar-refractivity contribution in [3.05, 3.63) is 46.6 Å². The smallest absolute Gasteiger partial charge is 0.166 e. The van der Waals surface area contributed by atoms with Crippen LogP contribution in [0.3, 0.4) is 0 Å². The predicted octanol–water partition coefficient (Wildman–Crippen LogP) is 2.72. The van der Waals surface area contributed by atoms with E-state index in [4.69, 9.17) is 0 Å². The van der Waals surface area contributed by atoms with Gasteiger partial charge in [-0.2, -0.15) is 10.4 Å². The molecule has 8 heteroatoms.